The maximum absolute atomic E-state index is 5.75. The Bertz CT molecular complexity index is 337. The number of rotatable bonds is 5. The Kier molecular flexibility index (Phi) is 7.50. The Balaban J connectivity index is 1.87. The molecule has 22 heavy (non-hydrogen) atoms. The Labute approximate surface area is 136 Å². The van der Waals surface area contributed by atoms with Crippen molar-refractivity contribution in [1.29, 1.82) is 0 Å². The molecule has 1 aliphatic heterocycles. The first-order valence-corrected chi connectivity index (χ1v) is 9.39. The molecule has 0 aromatic carbocycles. The average molecular weight is 309 g/mol. The van der Waals surface area contributed by atoms with E-state index in [2.05, 4.69) is 31.0 Å². The molecule has 0 bridgehead atoms. The number of guanidine groups is 1. The van der Waals surface area contributed by atoms with Crippen molar-refractivity contribution in [2.45, 2.75) is 65.4 Å². The van der Waals surface area contributed by atoms with E-state index in [4.69, 9.17) is 9.73 Å². The Morgan fingerprint density at radius 3 is 2.50 bits per heavy atom. The minimum atomic E-state index is 0.447. The highest BCUT2D eigenvalue weighted by molar-refractivity contribution is 5.80. The Morgan fingerprint density at radius 2 is 1.86 bits per heavy atom. The summed E-state index contributed by atoms with van der Waals surface area (Å²) in [6.45, 7) is 11.6. The molecule has 0 amide bonds. The second-order valence-corrected chi connectivity index (χ2v) is 6.86. The third-order valence-corrected chi connectivity index (χ3v) is 5.24. The van der Waals surface area contributed by atoms with Gasteiger partial charge in [0.15, 0.2) is 5.96 Å². The van der Waals surface area contributed by atoms with Crippen LogP contribution in [0.15, 0.2) is 4.99 Å². The highest BCUT2D eigenvalue weighted by Crippen LogP contribution is 2.29. The van der Waals surface area contributed by atoms with Crippen LogP contribution >= 0.6 is 0 Å². The van der Waals surface area contributed by atoms with Gasteiger partial charge in [0.05, 0.1) is 6.10 Å². The molecular weight excluding hydrogens is 274 g/mol. The van der Waals surface area contributed by atoms with Gasteiger partial charge in [0.1, 0.15) is 0 Å². The number of nitrogens with zero attached hydrogens (tertiary/aromatic N) is 2. The van der Waals surface area contributed by atoms with E-state index in [1.807, 2.05) is 0 Å². The first kappa shape index (κ1) is 17.6. The molecule has 128 valence electrons. The van der Waals surface area contributed by atoms with Gasteiger partial charge in [-0.05, 0) is 44.9 Å². The van der Waals surface area contributed by atoms with Crippen molar-refractivity contribution in [1.82, 2.24) is 10.2 Å². The van der Waals surface area contributed by atoms with Crippen LogP contribution in [0.1, 0.15) is 59.3 Å². The van der Waals surface area contributed by atoms with Gasteiger partial charge in [0, 0.05) is 32.8 Å². The molecular formula is C18H35N3O. The molecule has 4 nitrogen and oxygen atoms in total. The van der Waals surface area contributed by atoms with Crippen LogP contribution in [0.3, 0.4) is 0 Å². The summed E-state index contributed by atoms with van der Waals surface area (Å²) in [4.78, 5) is 7.40. The lowest BCUT2D eigenvalue weighted by Gasteiger charge is -2.34. The molecule has 0 aromatic heterocycles. The van der Waals surface area contributed by atoms with E-state index in [1.165, 1.54) is 25.7 Å². The van der Waals surface area contributed by atoms with Crippen LogP contribution in [0.25, 0.3) is 0 Å². The smallest absolute Gasteiger partial charge is 0.193 e. The van der Waals surface area contributed by atoms with Gasteiger partial charge in [0.25, 0.3) is 0 Å². The van der Waals surface area contributed by atoms with Crippen LogP contribution in [0, 0.1) is 11.8 Å². The molecule has 1 saturated carbocycles. The molecule has 0 aromatic rings. The fourth-order valence-electron chi connectivity index (χ4n) is 3.76. The summed E-state index contributed by atoms with van der Waals surface area (Å²) in [5, 5.41) is 3.49. The molecule has 0 radical (unpaired) electrons. The van der Waals surface area contributed by atoms with Crippen LogP contribution in [-0.4, -0.2) is 49.7 Å². The second-order valence-electron chi connectivity index (χ2n) is 6.86. The number of ether oxygens (including phenoxy) is 1. The molecule has 1 N–H and O–H groups in total. The third-order valence-electron chi connectivity index (χ3n) is 5.24. The van der Waals surface area contributed by atoms with E-state index in [1.54, 1.807) is 0 Å². The van der Waals surface area contributed by atoms with Gasteiger partial charge >= 0.3 is 0 Å². The molecule has 1 saturated heterocycles. The predicted octanol–water partition coefficient (Wildman–Crippen LogP) is 3.28. The number of piperidine rings is 1. The molecule has 4 heteroatoms. The summed E-state index contributed by atoms with van der Waals surface area (Å²) in [5.74, 6) is 2.74. The first-order chi connectivity index (χ1) is 10.7. The van der Waals surface area contributed by atoms with Crippen LogP contribution in [0.5, 0.6) is 0 Å². The maximum Gasteiger partial charge on any atom is 0.193 e. The molecule has 2 rings (SSSR count). The van der Waals surface area contributed by atoms with E-state index < -0.39 is 0 Å². The lowest BCUT2D eigenvalue weighted by atomic mass is 9.80. The molecule has 2 fully saturated rings. The number of aliphatic imine (C=N–C) groups is 1. The zero-order chi connectivity index (χ0) is 15.8. The van der Waals surface area contributed by atoms with E-state index in [-0.39, 0.29) is 0 Å². The Morgan fingerprint density at radius 1 is 1.14 bits per heavy atom. The summed E-state index contributed by atoms with van der Waals surface area (Å²) >= 11 is 0. The number of nitrogens with one attached hydrogen (secondary N) is 1. The SMILES string of the molecule is CCNC(=NCC1CCCCC1C)N1CCC(OCC)CC1. The average Bonchev–Trinajstić information content (AvgIpc) is 2.54. The van der Waals surface area contributed by atoms with E-state index in [0.29, 0.717) is 6.10 Å². The van der Waals surface area contributed by atoms with Crippen molar-refractivity contribution in [3.05, 3.63) is 0 Å². The van der Waals surface area contributed by atoms with Gasteiger partial charge in [0.2, 0.25) is 0 Å². The highest BCUT2D eigenvalue weighted by Gasteiger charge is 2.24. The van der Waals surface area contributed by atoms with E-state index in [9.17, 15) is 0 Å². The number of likely N-dealkylation sites (tertiary alicyclic amines) is 1. The van der Waals surface area contributed by atoms with Crippen LogP contribution in [0.2, 0.25) is 0 Å². The fraction of sp³-hybridized carbons (Fsp3) is 0.944. The van der Waals surface area contributed by atoms with Gasteiger partial charge in [-0.15, -0.1) is 0 Å². The van der Waals surface area contributed by atoms with Gasteiger partial charge in [-0.1, -0.05) is 26.2 Å². The number of hydrogen-bond acceptors (Lipinski definition) is 2. The monoisotopic (exact) mass is 309 g/mol. The summed E-state index contributed by atoms with van der Waals surface area (Å²) in [7, 11) is 0. The topological polar surface area (TPSA) is 36.9 Å². The zero-order valence-electron chi connectivity index (χ0n) is 14.8. The molecule has 1 aliphatic carbocycles. The first-order valence-electron chi connectivity index (χ1n) is 9.39. The van der Waals surface area contributed by atoms with Crippen molar-refractivity contribution < 1.29 is 4.74 Å². The van der Waals surface area contributed by atoms with Gasteiger partial charge in [-0.25, -0.2) is 0 Å². The molecule has 2 unspecified atom stereocenters. The minimum absolute atomic E-state index is 0.447. The van der Waals surface area contributed by atoms with Crippen molar-refractivity contribution in [3.63, 3.8) is 0 Å². The van der Waals surface area contributed by atoms with E-state index >= 15 is 0 Å². The highest BCUT2D eigenvalue weighted by atomic mass is 16.5. The van der Waals surface area contributed by atoms with Crippen molar-refractivity contribution in [2.24, 2.45) is 16.8 Å². The number of hydrogen-bond donors (Lipinski definition) is 1. The lowest BCUT2D eigenvalue weighted by Crippen LogP contribution is -2.47. The third kappa shape index (κ3) is 5.15. The van der Waals surface area contributed by atoms with E-state index in [0.717, 1.165) is 63.4 Å². The fourth-order valence-corrected chi connectivity index (χ4v) is 3.76. The quantitative estimate of drug-likeness (QED) is 0.625. The summed E-state index contributed by atoms with van der Waals surface area (Å²) in [5.41, 5.74) is 0. The minimum Gasteiger partial charge on any atom is -0.378 e. The van der Waals surface area contributed by atoms with Crippen molar-refractivity contribution in [3.8, 4) is 0 Å². The van der Waals surface area contributed by atoms with Crippen LogP contribution < -0.4 is 5.32 Å². The molecule has 1 heterocycles. The largest absolute Gasteiger partial charge is 0.378 e. The van der Waals surface area contributed by atoms with Gasteiger partial charge in [-0.2, -0.15) is 0 Å². The predicted molar refractivity (Wildman–Crippen MR) is 93.3 cm³/mol. The molecule has 2 atom stereocenters. The summed E-state index contributed by atoms with van der Waals surface area (Å²) in [6, 6.07) is 0. The summed E-state index contributed by atoms with van der Waals surface area (Å²) in [6.07, 6.45) is 8.23. The lowest BCUT2D eigenvalue weighted by molar-refractivity contribution is 0.0263. The molecule has 0 spiro atoms. The maximum atomic E-state index is 5.75. The normalized spacial score (nSPS) is 28.0. The summed E-state index contributed by atoms with van der Waals surface area (Å²) < 4.78 is 5.75. The van der Waals surface area contributed by atoms with Crippen LogP contribution in [0.4, 0.5) is 0 Å². The second kappa shape index (κ2) is 9.39. The van der Waals surface area contributed by atoms with Gasteiger partial charge in [-0.3, -0.25) is 4.99 Å². The zero-order valence-corrected chi connectivity index (χ0v) is 14.8. The van der Waals surface area contributed by atoms with Crippen molar-refractivity contribution in [2.75, 3.05) is 32.8 Å². The van der Waals surface area contributed by atoms with Crippen molar-refractivity contribution >= 4 is 5.96 Å². The molecule has 2 aliphatic rings. The Hall–Kier alpha value is -0.770. The van der Waals surface area contributed by atoms with Gasteiger partial charge < -0.3 is 15.0 Å². The van der Waals surface area contributed by atoms with Crippen LogP contribution in [-0.2, 0) is 4.74 Å². The standard InChI is InChI=1S/C18H35N3O/c1-4-19-18(20-14-16-9-7-6-8-15(16)3)21-12-10-17(11-13-21)22-5-2/h15-17H,4-14H2,1-3H3,(H,19,20).